The van der Waals surface area contributed by atoms with E-state index in [9.17, 15) is 0 Å². The molecule has 8 heteroatoms. The molecule has 0 saturated heterocycles. The van der Waals surface area contributed by atoms with Gasteiger partial charge in [-0.05, 0) is 11.8 Å². The second kappa shape index (κ2) is 5.95. The third-order valence-electron chi connectivity index (χ3n) is 0.921. The molecule has 0 atom stereocenters. The van der Waals surface area contributed by atoms with Crippen LogP contribution in [0.1, 0.15) is 0 Å². The van der Waals surface area contributed by atoms with Crippen LogP contribution < -0.4 is 0 Å². The fraction of sp³-hybridized carbons (Fsp3) is 1.00. The van der Waals surface area contributed by atoms with Crippen molar-refractivity contribution in [2.45, 2.75) is 0 Å². The van der Waals surface area contributed by atoms with Crippen molar-refractivity contribution in [3.63, 3.8) is 0 Å². The highest BCUT2D eigenvalue weighted by atomic mass is 32.5. The van der Waals surface area contributed by atoms with Gasteiger partial charge in [-0.2, -0.15) is 5.06 Å². The summed E-state index contributed by atoms with van der Waals surface area (Å²) in [5.41, 5.74) is 0. The minimum atomic E-state index is -3.74. The van der Waals surface area contributed by atoms with Crippen molar-refractivity contribution in [3.8, 4) is 0 Å². The Bertz CT molecular complexity index is 156. The summed E-state index contributed by atoms with van der Waals surface area (Å²) in [4.78, 5) is 17.4. The van der Waals surface area contributed by atoms with Gasteiger partial charge in [0.1, 0.15) is 0 Å². The molecular formula is C4H12NO5PS. The van der Waals surface area contributed by atoms with Crippen molar-refractivity contribution in [2.75, 3.05) is 26.3 Å². The molecular weight excluding hydrogens is 205 g/mol. The predicted molar refractivity (Wildman–Crippen MR) is 45.6 cm³/mol. The van der Waals surface area contributed by atoms with Crippen LogP contribution in [0.3, 0.4) is 0 Å². The van der Waals surface area contributed by atoms with Crippen molar-refractivity contribution in [1.82, 2.24) is 5.06 Å². The van der Waals surface area contributed by atoms with Crippen LogP contribution in [0, 0.1) is 0 Å². The van der Waals surface area contributed by atoms with E-state index in [1.807, 2.05) is 0 Å². The molecule has 0 bridgehead atoms. The van der Waals surface area contributed by atoms with Gasteiger partial charge in [0.15, 0.2) is 0 Å². The molecule has 0 heterocycles. The van der Waals surface area contributed by atoms with Crippen LogP contribution in [0.2, 0.25) is 0 Å². The number of aliphatic hydroxyl groups excluding tert-OH is 2. The Kier molecular flexibility index (Phi) is 6.16. The Balaban J connectivity index is 3.86. The summed E-state index contributed by atoms with van der Waals surface area (Å²) >= 11 is 4.18. The van der Waals surface area contributed by atoms with Gasteiger partial charge in [0, 0.05) is 13.1 Å². The Morgan fingerprint density at radius 3 is 1.83 bits per heavy atom. The molecule has 0 fully saturated rings. The van der Waals surface area contributed by atoms with Gasteiger partial charge in [-0.1, -0.05) is 0 Å². The van der Waals surface area contributed by atoms with Crippen LogP contribution in [-0.4, -0.2) is 51.4 Å². The van der Waals surface area contributed by atoms with Crippen LogP contribution in [0.4, 0.5) is 0 Å². The third-order valence-corrected chi connectivity index (χ3v) is 1.56. The summed E-state index contributed by atoms with van der Waals surface area (Å²) in [6, 6.07) is 0. The van der Waals surface area contributed by atoms with Crippen LogP contribution in [0.15, 0.2) is 0 Å². The minimum Gasteiger partial charge on any atom is -0.395 e. The Morgan fingerprint density at radius 2 is 1.58 bits per heavy atom. The second-order valence-corrected chi connectivity index (χ2v) is 4.52. The Labute approximate surface area is 75.2 Å². The van der Waals surface area contributed by atoms with Crippen molar-refractivity contribution >= 4 is 18.5 Å². The highest BCUT2D eigenvalue weighted by Crippen LogP contribution is 2.37. The number of hydroxylamine groups is 2. The van der Waals surface area contributed by atoms with E-state index in [-0.39, 0.29) is 26.3 Å². The van der Waals surface area contributed by atoms with Gasteiger partial charge >= 0.3 is 6.72 Å². The first-order chi connectivity index (χ1) is 5.49. The Morgan fingerprint density at radius 1 is 1.17 bits per heavy atom. The molecule has 0 spiro atoms. The number of nitrogens with zero attached hydrogens (tertiary/aromatic N) is 1. The molecule has 0 aliphatic carbocycles. The molecule has 0 aliphatic heterocycles. The van der Waals surface area contributed by atoms with Gasteiger partial charge in [0.05, 0.1) is 13.2 Å². The van der Waals surface area contributed by atoms with Gasteiger partial charge in [0.2, 0.25) is 0 Å². The van der Waals surface area contributed by atoms with Gasteiger partial charge in [-0.15, -0.1) is 0 Å². The van der Waals surface area contributed by atoms with Gasteiger partial charge < -0.3 is 20.0 Å². The first kappa shape index (κ1) is 12.4. The summed E-state index contributed by atoms with van der Waals surface area (Å²) in [6.45, 7) is -4.03. The molecule has 0 rings (SSSR count). The van der Waals surface area contributed by atoms with E-state index in [1.54, 1.807) is 0 Å². The molecule has 0 unspecified atom stereocenters. The highest BCUT2D eigenvalue weighted by molar-refractivity contribution is 8.06. The van der Waals surface area contributed by atoms with Crippen LogP contribution in [0.25, 0.3) is 0 Å². The minimum absolute atomic E-state index is 0.0695. The smallest absolute Gasteiger partial charge is 0.338 e. The van der Waals surface area contributed by atoms with Crippen molar-refractivity contribution < 1.29 is 24.6 Å². The maximum absolute atomic E-state index is 8.70. The van der Waals surface area contributed by atoms with E-state index >= 15 is 0 Å². The van der Waals surface area contributed by atoms with Gasteiger partial charge in [-0.25, -0.2) is 4.62 Å². The van der Waals surface area contributed by atoms with E-state index in [4.69, 9.17) is 20.0 Å². The molecule has 4 N–H and O–H groups in total. The third kappa shape index (κ3) is 7.08. The molecule has 12 heavy (non-hydrogen) atoms. The van der Waals surface area contributed by atoms with Gasteiger partial charge in [-0.3, -0.25) is 0 Å². The molecule has 0 aromatic carbocycles. The molecule has 0 aromatic heterocycles. The Hall–Kier alpha value is 0.410. The zero-order valence-corrected chi connectivity index (χ0v) is 8.04. The normalized spacial score (nSPS) is 12.4. The van der Waals surface area contributed by atoms with E-state index in [1.165, 1.54) is 0 Å². The van der Waals surface area contributed by atoms with Gasteiger partial charge in [0.25, 0.3) is 0 Å². The molecule has 0 saturated carbocycles. The average Bonchev–Trinajstić information content (AvgIpc) is 1.84. The average molecular weight is 217 g/mol. The number of hydrogen-bond donors (Lipinski definition) is 4. The monoisotopic (exact) mass is 217 g/mol. The van der Waals surface area contributed by atoms with E-state index in [2.05, 4.69) is 16.4 Å². The predicted octanol–water partition coefficient (Wildman–Crippen LogP) is -1.59. The zero-order chi connectivity index (χ0) is 9.61. The number of hydrogen-bond acceptors (Lipinski definition) is 5. The lowest BCUT2D eigenvalue weighted by Gasteiger charge is -2.21. The standard InChI is InChI=1S/C4H12NO5PS/c6-3-1-5(2-4-7)10-11(8,9)12/h6-7H,1-4H2,(H2,8,9,12). The molecule has 0 aromatic rings. The highest BCUT2D eigenvalue weighted by Gasteiger charge is 2.14. The lowest BCUT2D eigenvalue weighted by atomic mass is 10.6. The second-order valence-electron chi connectivity index (χ2n) is 1.95. The van der Waals surface area contributed by atoms with E-state index in [0.717, 1.165) is 5.06 Å². The summed E-state index contributed by atoms with van der Waals surface area (Å²) < 4.78 is 4.47. The maximum Gasteiger partial charge on any atom is 0.338 e. The van der Waals surface area contributed by atoms with E-state index in [0.29, 0.717) is 0 Å². The quantitative estimate of drug-likeness (QED) is 0.315. The lowest BCUT2D eigenvalue weighted by Crippen LogP contribution is -2.28. The fourth-order valence-electron chi connectivity index (χ4n) is 0.567. The zero-order valence-electron chi connectivity index (χ0n) is 6.33. The van der Waals surface area contributed by atoms with Crippen molar-refractivity contribution in [1.29, 1.82) is 0 Å². The summed E-state index contributed by atoms with van der Waals surface area (Å²) in [7, 11) is 0. The maximum atomic E-state index is 8.70. The molecule has 0 amide bonds. The van der Waals surface area contributed by atoms with Crippen molar-refractivity contribution in [3.05, 3.63) is 0 Å². The first-order valence-electron chi connectivity index (χ1n) is 3.21. The summed E-state index contributed by atoms with van der Waals surface area (Å²) in [6.07, 6.45) is 0. The van der Waals surface area contributed by atoms with Crippen LogP contribution >= 0.6 is 6.72 Å². The number of aliphatic hydroxyl groups is 2. The largest absolute Gasteiger partial charge is 0.395 e. The SMILES string of the molecule is OCCN(CCO)OP(O)(O)=S. The van der Waals surface area contributed by atoms with Crippen LogP contribution in [0.5, 0.6) is 0 Å². The molecule has 74 valence electrons. The molecule has 0 aliphatic rings. The molecule has 6 nitrogen and oxygen atoms in total. The number of rotatable bonds is 6. The first-order valence-corrected chi connectivity index (χ1v) is 5.84. The summed E-state index contributed by atoms with van der Waals surface area (Å²) in [5, 5.41) is 18.0. The topological polar surface area (TPSA) is 93.4 Å². The fourth-order valence-corrected chi connectivity index (χ4v) is 1.31. The van der Waals surface area contributed by atoms with E-state index < -0.39 is 6.72 Å². The van der Waals surface area contributed by atoms with Crippen molar-refractivity contribution in [2.24, 2.45) is 0 Å². The molecule has 0 radical (unpaired) electrons. The summed E-state index contributed by atoms with van der Waals surface area (Å²) in [5.74, 6) is 0. The lowest BCUT2D eigenvalue weighted by molar-refractivity contribution is -0.0846. The van der Waals surface area contributed by atoms with Crippen LogP contribution in [-0.2, 0) is 16.4 Å².